The molecule has 0 aromatic heterocycles. The molecular weight excluding hydrogens is 566 g/mol. The molecule has 2 aromatic carbocycles. The first-order valence-electron chi connectivity index (χ1n) is 9.89. The van der Waals surface area contributed by atoms with Gasteiger partial charge >= 0.3 is 12.1 Å². The number of ketones is 1. The summed E-state index contributed by atoms with van der Waals surface area (Å²) in [7, 11) is 0. The summed E-state index contributed by atoms with van der Waals surface area (Å²) in [6.45, 7) is 1.38. The van der Waals surface area contributed by atoms with Crippen LogP contribution in [0.15, 0.2) is 30.3 Å². The molecule has 190 valence electrons. The molecule has 0 bridgehead atoms. The fourth-order valence-corrected chi connectivity index (χ4v) is 4.82. The number of halogens is 10. The van der Waals surface area contributed by atoms with Gasteiger partial charge in [0.2, 0.25) is 5.91 Å². The van der Waals surface area contributed by atoms with Gasteiger partial charge in [0, 0.05) is 35.0 Å². The van der Waals surface area contributed by atoms with Gasteiger partial charge < -0.3 is 5.32 Å². The third-order valence-corrected chi connectivity index (χ3v) is 7.25. The van der Waals surface area contributed by atoms with E-state index in [2.05, 4.69) is 5.32 Å². The topological polar surface area (TPSA) is 46.2 Å². The van der Waals surface area contributed by atoms with Crippen LogP contribution < -0.4 is 5.32 Å². The Hall–Kier alpha value is -1.68. The van der Waals surface area contributed by atoms with E-state index < -0.39 is 58.6 Å². The number of rotatable bonds is 7. The molecule has 1 N–H and O–H groups in total. The van der Waals surface area contributed by atoms with Crippen LogP contribution in [0.5, 0.6) is 0 Å². The van der Waals surface area contributed by atoms with Gasteiger partial charge in [0.25, 0.3) is 0 Å². The van der Waals surface area contributed by atoms with Crippen LogP contribution >= 0.6 is 46.4 Å². The summed E-state index contributed by atoms with van der Waals surface area (Å²) in [5, 5.41) is 2.24. The Balaban J connectivity index is 1.78. The molecule has 13 heteroatoms. The zero-order valence-corrected chi connectivity index (χ0v) is 20.6. The van der Waals surface area contributed by atoms with Crippen molar-refractivity contribution in [2.24, 2.45) is 5.92 Å². The van der Waals surface area contributed by atoms with Crippen LogP contribution in [0.25, 0.3) is 0 Å². The number of Topliss-reactive ketones (excluding diaryl/α,β-unsaturated/α-hetero) is 1. The molecule has 1 aliphatic rings. The summed E-state index contributed by atoms with van der Waals surface area (Å²) >= 11 is 24.3. The van der Waals surface area contributed by atoms with Crippen molar-refractivity contribution in [2.45, 2.75) is 42.1 Å². The van der Waals surface area contributed by atoms with E-state index in [1.807, 2.05) is 0 Å². The minimum Gasteiger partial charge on any atom is -0.326 e. The second kappa shape index (κ2) is 9.65. The molecule has 1 fully saturated rings. The van der Waals surface area contributed by atoms with Crippen LogP contribution in [-0.2, 0) is 4.79 Å². The van der Waals surface area contributed by atoms with E-state index in [1.54, 1.807) is 0 Å². The largest absolute Gasteiger partial charge is 0.453 e. The number of hydrogen-bond donors (Lipinski definition) is 1. The number of carbonyl (C=O) groups excluding carboxylic acids is 2. The van der Waals surface area contributed by atoms with Gasteiger partial charge in [0.1, 0.15) is 10.2 Å². The molecule has 2 aromatic rings. The van der Waals surface area contributed by atoms with Crippen molar-refractivity contribution in [3.8, 4) is 0 Å². The quantitative estimate of drug-likeness (QED) is 0.204. The van der Waals surface area contributed by atoms with Crippen molar-refractivity contribution in [1.82, 2.24) is 0 Å². The molecule has 35 heavy (non-hydrogen) atoms. The highest BCUT2D eigenvalue weighted by Crippen LogP contribution is 2.65. The summed E-state index contributed by atoms with van der Waals surface area (Å²) in [6.07, 6.45) is -8.64. The molecule has 3 nitrogen and oxygen atoms in total. The number of carbonyl (C=O) groups is 2. The first-order valence-corrected chi connectivity index (χ1v) is 11.4. The first-order chi connectivity index (χ1) is 16.0. The second-order valence-electron chi connectivity index (χ2n) is 8.05. The van der Waals surface area contributed by atoms with E-state index in [9.17, 15) is 35.9 Å². The van der Waals surface area contributed by atoms with Gasteiger partial charge in [-0.25, -0.2) is 4.39 Å². The summed E-state index contributed by atoms with van der Waals surface area (Å²) in [4.78, 5) is 25.2. The summed E-state index contributed by atoms with van der Waals surface area (Å²) in [6, 6.07) is 6.13. The van der Waals surface area contributed by atoms with Crippen molar-refractivity contribution >= 4 is 63.8 Å². The van der Waals surface area contributed by atoms with Gasteiger partial charge in [0.05, 0.1) is 10.9 Å². The molecule has 0 heterocycles. The zero-order chi connectivity index (χ0) is 26.5. The molecule has 3 rings (SSSR count). The minimum atomic E-state index is -5.79. The number of alkyl halides is 7. The molecule has 2 atom stereocenters. The molecule has 0 spiro atoms. The summed E-state index contributed by atoms with van der Waals surface area (Å²) in [5.41, 5.74) is 0.291. The highest BCUT2D eigenvalue weighted by Gasteiger charge is 2.67. The lowest BCUT2D eigenvalue weighted by Crippen LogP contribution is -2.36. The van der Waals surface area contributed by atoms with E-state index in [0.29, 0.717) is 5.56 Å². The van der Waals surface area contributed by atoms with Crippen LogP contribution in [0.1, 0.15) is 40.2 Å². The average Bonchev–Trinajstić information content (AvgIpc) is 3.32. The van der Waals surface area contributed by atoms with E-state index in [-0.39, 0.29) is 26.9 Å². The van der Waals surface area contributed by atoms with Crippen LogP contribution in [0.4, 0.5) is 32.0 Å². The summed E-state index contributed by atoms with van der Waals surface area (Å²) in [5.74, 6) is -9.17. The Morgan fingerprint density at radius 1 is 1.03 bits per heavy atom. The van der Waals surface area contributed by atoms with Gasteiger partial charge in [-0.15, -0.1) is 23.2 Å². The number of anilines is 1. The van der Waals surface area contributed by atoms with Gasteiger partial charge in [0.15, 0.2) is 5.78 Å². The van der Waals surface area contributed by atoms with Crippen molar-refractivity contribution in [2.75, 3.05) is 5.32 Å². The van der Waals surface area contributed by atoms with E-state index in [4.69, 9.17) is 46.4 Å². The predicted molar refractivity (Wildman–Crippen MR) is 121 cm³/mol. The monoisotopic (exact) mass is 579 g/mol. The normalized spacial score (nSPS) is 19.4. The van der Waals surface area contributed by atoms with Crippen molar-refractivity contribution in [3.63, 3.8) is 0 Å². The third-order valence-electron chi connectivity index (χ3n) is 5.63. The number of hydrogen-bond acceptors (Lipinski definition) is 2. The Morgan fingerprint density at radius 2 is 1.66 bits per heavy atom. The highest BCUT2D eigenvalue weighted by molar-refractivity contribution is 6.53. The van der Waals surface area contributed by atoms with Crippen molar-refractivity contribution in [1.29, 1.82) is 0 Å². The SMILES string of the molecule is Cc1c(Cl)cc(NC(=O)C2C(c3ccc(F)c(Cl)c3)C2(Cl)Cl)cc1C(=O)CCC(F)(F)C(F)(F)F. The molecule has 2 unspecified atom stereocenters. The fraction of sp³-hybridized carbons (Fsp3) is 0.364. The molecule has 1 amide bonds. The van der Waals surface area contributed by atoms with Gasteiger partial charge in [-0.05, 0) is 42.3 Å². The molecule has 0 saturated heterocycles. The van der Waals surface area contributed by atoms with Crippen LogP contribution in [-0.4, -0.2) is 28.1 Å². The van der Waals surface area contributed by atoms with Crippen LogP contribution in [0.2, 0.25) is 10.0 Å². The van der Waals surface area contributed by atoms with E-state index in [0.717, 1.165) is 12.1 Å². The maximum atomic E-state index is 13.5. The standard InChI is InChI=1S/C22H15Cl4F6NO2/c1-9-12(16(34)4-5-20(28,29)22(30,31)32)7-11(8-13(9)23)33-19(35)18-17(21(18,25)26)10-2-3-15(27)14(24)6-10/h2-3,6-8,17-18H,4-5H2,1H3,(H,33,35). The lowest BCUT2D eigenvalue weighted by molar-refractivity contribution is -0.283. The smallest absolute Gasteiger partial charge is 0.326 e. The lowest BCUT2D eigenvalue weighted by atomic mass is 9.99. The van der Waals surface area contributed by atoms with Crippen LogP contribution in [0.3, 0.4) is 0 Å². The second-order valence-corrected chi connectivity index (χ2v) is 10.3. The molecule has 1 saturated carbocycles. The van der Waals surface area contributed by atoms with E-state index >= 15 is 0 Å². The Kier molecular flexibility index (Phi) is 7.69. The maximum Gasteiger partial charge on any atom is 0.453 e. The van der Waals surface area contributed by atoms with Gasteiger partial charge in [-0.3, -0.25) is 9.59 Å². The molecule has 0 aliphatic heterocycles. The van der Waals surface area contributed by atoms with Gasteiger partial charge in [-0.2, -0.15) is 22.0 Å². The van der Waals surface area contributed by atoms with Crippen molar-refractivity contribution in [3.05, 3.63) is 62.9 Å². The Labute approximate surface area is 215 Å². The molecule has 0 radical (unpaired) electrons. The maximum absolute atomic E-state index is 13.5. The first kappa shape index (κ1) is 27.9. The molecule has 1 aliphatic carbocycles. The summed E-state index contributed by atoms with van der Waals surface area (Å²) < 4.78 is 75.5. The van der Waals surface area contributed by atoms with Gasteiger partial charge in [-0.1, -0.05) is 29.3 Å². The Morgan fingerprint density at radius 3 is 2.23 bits per heavy atom. The predicted octanol–water partition coefficient (Wildman–Crippen LogP) is 8.13. The lowest BCUT2D eigenvalue weighted by Gasteiger charge is -2.19. The number of benzene rings is 2. The zero-order valence-electron chi connectivity index (χ0n) is 17.6. The Bertz CT molecular complexity index is 1190. The highest BCUT2D eigenvalue weighted by atomic mass is 35.5. The third kappa shape index (κ3) is 5.68. The fourth-order valence-electron chi connectivity index (χ4n) is 3.58. The minimum absolute atomic E-state index is 0.0246. The van der Waals surface area contributed by atoms with E-state index in [1.165, 1.54) is 25.1 Å². The van der Waals surface area contributed by atoms with Crippen molar-refractivity contribution < 1.29 is 35.9 Å². The number of amides is 1. The average molecular weight is 581 g/mol. The number of nitrogens with one attached hydrogen (secondary N) is 1. The van der Waals surface area contributed by atoms with Crippen LogP contribution in [0, 0.1) is 18.7 Å². The molecular formula is C22H15Cl4F6NO2.